The van der Waals surface area contributed by atoms with Crippen LogP contribution < -0.4 is 5.32 Å². The summed E-state index contributed by atoms with van der Waals surface area (Å²) in [7, 11) is 0. The van der Waals surface area contributed by atoms with E-state index in [2.05, 4.69) is 5.32 Å². The predicted molar refractivity (Wildman–Crippen MR) is 36.6 cm³/mol. The van der Waals surface area contributed by atoms with Crippen LogP contribution in [0.4, 0.5) is 0 Å². The van der Waals surface area contributed by atoms with Gasteiger partial charge in [0.15, 0.2) is 5.92 Å². The van der Waals surface area contributed by atoms with Crippen LogP contribution in [-0.4, -0.2) is 53.6 Å². The molecular formula is C5H6N2NaO3. The molecule has 6 heteroatoms. The van der Waals surface area contributed by atoms with E-state index in [9.17, 15) is 9.59 Å². The Morgan fingerprint density at radius 2 is 2.36 bits per heavy atom. The molecule has 1 amide bonds. The van der Waals surface area contributed by atoms with Gasteiger partial charge >= 0.3 is 5.97 Å². The van der Waals surface area contributed by atoms with Crippen LogP contribution in [0.15, 0.2) is 0 Å². The molecule has 0 spiro atoms. The van der Waals surface area contributed by atoms with E-state index >= 15 is 0 Å². The molecule has 2 N–H and O–H groups in total. The minimum atomic E-state index is -1.23. The van der Waals surface area contributed by atoms with E-state index in [0.717, 1.165) is 0 Å². The Morgan fingerprint density at radius 3 is 2.64 bits per heavy atom. The van der Waals surface area contributed by atoms with Crippen molar-refractivity contribution in [3.05, 3.63) is 0 Å². The number of carboxylic acids is 1. The first-order valence-electron chi connectivity index (χ1n) is 2.51. The number of hydrogen-bond donors (Lipinski definition) is 2. The molecule has 0 rings (SSSR count). The fourth-order valence-corrected chi connectivity index (χ4v) is 0.354. The smallest absolute Gasteiger partial charge is 0.322 e. The molecule has 5 nitrogen and oxygen atoms in total. The van der Waals surface area contributed by atoms with Gasteiger partial charge in [-0.25, -0.2) is 0 Å². The van der Waals surface area contributed by atoms with Crippen molar-refractivity contribution in [2.24, 2.45) is 5.92 Å². The molecule has 11 heavy (non-hydrogen) atoms. The van der Waals surface area contributed by atoms with Crippen LogP contribution in [-0.2, 0) is 9.59 Å². The third-order valence-corrected chi connectivity index (χ3v) is 0.859. The number of carboxylic acid groups (broad SMARTS) is 1. The number of rotatable bonds is 4. The van der Waals surface area contributed by atoms with Crippen molar-refractivity contribution >= 4 is 41.9 Å². The molecule has 0 aliphatic carbocycles. The molecule has 0 aliphatic rings. The second-order valence-electron chi connectivity index (χ2n) is 1.55. The van der Waals surface area contributed by atoms with Gasteiger partial charge in [-0.05, 0) is 0 Å². The summed E-state index contributed by atoms with van der Waals surface area (Å²) >= 11 is 0. The van der Waals surface area contributed by atoms with Crippen molar-refractivity contribution in [3.8, 4) is 6.07 Å². The molecule has 55 valence electrons. The first-order valence-corrected chi connectivity index (χ1v) is 2.51. The Morgan fingerprint density at radius 1 is 1.82 bits per heavy atom. The summed E-state index contributed by atoms with van der Waals surface area (Å²) in [6, 6.07) is 1.52. The van der Waals surface area contributed by atoms with Crippen molar-refractivity contribution < 1.29 is 14.7 Å². The van der Waals surface area contributed by atoms with E-state index < -0.39 is 11.9 Å². The van der Waals surface area contributed by atoms with E-state index in [1.807, 2.05) is 0 Å². The van der Waals surface area contributed by atoms with Crippen molar-refractivity contribution in [1.29, 1.82) is 5.26 Å². The Hall–Kier alpha value is -0.570. The molecular weight excluding hydrogens is 159 g/mol. The van der Waals surface area contributed by atoms with E-state index in [1.165, 1.54) is 6.07 Å². The predicted octanol–water partition coefficient (Wildman–Crippen LogP) is -1.42. The summed E-state index contributed by atoms with van der Waals surface area (Å²) in [6.07, 6.45) is 0.354. The maximum absolute atomic E-state index is 10.1. The zero-order valence-electron chi connectivity index (χ0n) is 6.07. The molecule has 1 atom stereocenters. The Labute approximate surface area is 85.7 Å². The Balaban J connectivity index is 0. The molecule has 1 unspecified atom stereocenters. The second kappa shape index (κ2) is 7.54. The minimum Gasteiger partial charge on any atom is -0.480 e. The second-order valence-corrected chi connectivity index (χ2v) is 1.55. The van der Waals surface area contributed by atoms with Gasteiger partial charge in [0.2, 0.25) is 6.41 Å². The van der Waals surface area contributed by atoms with Gasteiger partial charge in [0.25, 0.3) is 0 Å². The number of amides is 1. The quantitative estimate of drug-likeness (QED) is 0.395. The normalized spacial score (nSPS) is 10.1. The fourth-order valence-electron chi connectivity index (χ4n) is 0.354. The van der Waals surface area contributed by atoms with Gasteiger partial charge in [-0.3, -0.25) is 9.59 Å². The molecule has 0 aromatic heterocycles. The summed E-state index contributed by atoms with van der Waals surface area (Å²) in [4.78, 5) is 19.7. The van der Waals surface area contributed by atoms with Crippen LogP contribution in [0.25, 0.3) is 0 Å². The SMILES string of the molecule is N#CC(CNC=O)C(=O)O.[Na]. The number of aliphatic carboxylic acids is 1. The van der Waals surface area contributed by atoms with Crippen molar-refractivity contribution in [3.63, 3.8) is 0 Å². The average molecular weight is 165 g/mol. The molecule has 0 aromatic rings. The number of carbonyl (C=O) groups is 2. The maximum atomic E-state index is 10.1. The van der Waals surface area contributed by atoms with Crippen LogP contribution in [0.1, 0.15) is 0 Å². The molecule has 0 saturated heterocycles. The van der Waals surface area contributed by atoms with Gasteiger partial charge < -0.3 is 10.4 Å². The molecule has 0 aromatic carbocycles. The van der Waals surface area contributed by atoms with E-state index in [4.69, 9.17) is 10.4 Å². The van der Waals surface area contributed by atoms with E-state index in [0.29, 0.717) is 6.41 Å². The first kappa shape index (κ1) is 13.1. The molecule has 0 fully saturated rings. The van der Waals surface area contributed by atoms with Crippen LogP contribution in [0.2, 0.25) is 0 Å². The van der Waals surface area contributed by atoms with Crippen LogP contribution in [0.5, 0.6) is 0 Å². The topological polar surface area (TPSA) is 90.2 Å². The molecule has 0 saturated carbocycles. The molecule has 1 radical (unpaired) electrons. The maximum Gasteiger partial charge on any atom is 0.322 e. The minimum absolute atomic E-state index is 0. The van der Waals surface area contributed by atoms with Crippen LogP contribution >= 0.6 is 0 Å². The van der Waals surface area contributed by atoms with Gasteiger partial charge in [0.1, 0.15) is 0 Å². The summed E-state index contributed by atoms with van der Waals surface area (Å²) < 4.78 is 0. The molecule has 0 bridgehead atoms. The third-order valence-electron chi connectivity index (χ3n) is 0.859. The third kappa shape index (κ3) is 5.85. The number of nitriles is 1. The molecule has 0 aliphatic heterocycles. The Bertz CT molecular complexity index is 177. The van der Waals surface area contributed by atoms with Crippen molar-refractivity contribution in [2.45, 2.75) is 0 Å². The summed E-state index contributed by atoms with van der Waals surface area (Å²) in [5.74, 6) is -2.37. The zero-order chi connectivity index (χ0) is 7.98. The monoisotopic (exact) mass is 165 g/mol. The molecule has 0 heterocycles. The number of nitrogens with zero attached hydrogens (tertiary/aromatic N) is 1. The zero-order valence-corrected chi connectivity index (χ0v) is 8.07. The Kier molecular flexibility index (Phi) is 8.94. The fraction of sp³-hybridized carbons (Fsp3) is 0.400. The number of carbonyl (C=O) groups excluding carboxylic acids is 1. The summed E-state index contributed by atoms with van der Waals surface area (Å²) in [5.41, 5.74) is 0. The largest absolute Gasteiger partial charge is 0.480 e. The van der Waals surface area contributed by atoms with Gasteiger partial charge in [-0.2, -0.15) is 5.26 Å². The number of hydrogen-bond acceptors (Lipinski definition) is 3. The van der Waals surface area contributed by atoms with Gasteiger partial charge in [0.05, 0.1) is 6.07 Å². The van der Waals surface area contributed by atoms with Crippen LogP contribution in [0.3, 0.4) is 0 Å². The first-order chi connectivity index (χ1) is 4.72. The van der Waals surface area contributed by atoms with Gasteiger partial charge in [0, 0.05) is 36.1 Å². The standard InChI is InChI=1S/C5H6N2O3.Na/c6-1-4(5(9)10)2-7-3-8;/h3-4H,2H2,(H,7,8)(H,9,10);. The van der Waals surface area contributed by atoms with E-state index in [1.54, 1.807) is 0 Å². The van der Waals surface area contributed by atoms with Gasteiger partial charge in [-0.1, -0.05) is 0 Å². The summed E-state index contributed by atoms with van der Waals surface area (Å²) in [5, 5.41) is 18.5. The number of nitrogens with one attached hydrogen (secondary N) is 1. The van der Waals surface area contributed by atoms with Crippen molar-refractivity contribution in [2.75, 3.05) is 6.54 Å². The average Bonchev–Trinajstić information content (AvgIpc) is 1.89. The summed E-state index contributed by atoms with van der Waals surface area (Å²) in [6.45, 7) is -0.144. The van der Waals surface area contributed by atoms with E-state index in [-0.39, 0.29) is 36.1 Å². The van der Waals surface area contributed by atoms with Crippen LogP contribution in [0, 0.1) is 17.2 Å². The van der Waals surface area contributed by atoms with Gasteiger partial charge in [-0.15, -0.1) is 0 Å². The van der Waals surface area contributed by atoms with Crippen molar-refractivity contribution in [1.82, 2.24) is 5.32 Å².